The Kier molecular flexibility index (Phi) is 6.72. The fourth-order valence-corrected chi connectivity index (χ4v) is 4.57. The molecule has 1 saturated heterocycles. The van der Waals surface area contributed by atoms with E-state index >= 15 is 0 Å². The third-order valence-corrected chi connectivity index (χ3v) is 6.56. The van der Waals surface area contributed by atoms with E-state index in [0.717, 1.165) is 11.1 Å². The van der Waals surface area contributed by atoms with E-state index in [9.17, 15) is 14.7 Å². The Balaban J connectivity index is 1.92. The number of benzene rings is 2. The lowest BCUT2D eigenvalue weighted by molar-refractivity contribution is -0.132. The Hall–Kier alpha value is -3.93. The number of rotatable bonds is 5. The molecule has 4 rings (SSSR count). The lowest BCUT2D eigenvalue weighted by Gasteiger charge is -2.26. The number of aliphatic hydroxyl groups excluding tert-OH is 1. The second-order valence-corrected chi connectivity index (χ2v) is 10.4. The maximum Gasteiger partial charge on any atom is 0.300 e. The Morgan fingerprint density at radius 3 is 2.31 bits per heavy atom. The van der Waals surface area contributed by atoms with E-state index in [4.69, 9.17) is 4.74 Å². The van der Waals surface area contributed by atoms with Crippen LogP contribution in [0.2, 0.25) is 0 Å². The molecule has 1 amide bonds. The van der Waals surface area contributed by atoms with Crippen molar-refractivity contribution in [3.63, 3.8) is 0 Å². The fraction of sp³-hybridized carbons (Fsp3) is 0.300. The molecule has 1 fully saturated rings. The van der Waals surface area contributed by atoms with E-state index in [2.05, 4.69) is 18.8 Å². The first kappa shape index (κ1) is 25.2. The Morgan fingerprint density at radius 2 is 1.75 bits per heavy atom. The molecule has 0 bridgehead atoms. The maximum absolute atomic E-state index is 13.4. The molecule has 186 valence electrons. The van der Waals surface area contributed by atoms with Crippen LogP contribution >= 0.6 is 0 Å². The number of Topliss-reactive ketones (excluding diaryl/α,β-unsaturated/α-hetero) is 1. The number of amides is 1. The number of aromatic nitrogens is 1. The van der Waals surface area contributed by atoms with Gasteiger partial charge in [-0.25, -0.2) is 0 Å². The number of aliphatic hydroxyl groups is 1. The van der Waals surface area contributed by atoms with Crippen molar-refractivity contribution in [3.8, 4) is 5.75 Å². The molecule has 1 atom stereocenters. The summed E-state index contributed by atoms with van der Waals surface area (Å²) in [6, 6.07) is 15.6. The highest BCUT2D eigenvalue weighted by atomic mass is 16.5. The van der Waals surface area contributed by atoms with Crippen LogP contribution in [0.4, 0.5) is 5.69 Å². The van der Waals surface area contributed by atoms with Crippen LogP contribution in [0.5, 0.6) is 5.75 Å². The number of carbonyl (C=O) groups is 2. The summed E-state index contributed by atoms with van der Waals surface area (Å²) in [5.74, 6) is -0.629. The van der Waals surface area contributed by atoms with Gasteiger partial charge in [0.1, 0.15) is 11.5 Å². The molecule has 2 aromatic carbocycles. The maximum atomic E-state index is 13.4. The number of pyridine rings is 1. The fourth-order valence-electron chi connectivity index (χ4n) is 4.57. The standard InChI is InChI=1S/C30H32N2O4/c1-18(2)19-9-12-22(13-10-19)32-26(21-8-7-15-31-17-21)25(28(34)29(32)35)27(33)20-11-14-24(36-6)23(16-20)30(3,4)5/h7-18,26,33H,1-6H3/b27-25-. The third-order valence-electron chi connectivity index (χ3n) is 6.56. The highest BCUT2D eigenvalue weighted by molar-refractivity contribution is 6.51. The lowest BCUT2D eigenvalue weighted by atomic mass is 9.84. The topological polar surface area (TPSA) is 79.7 Å². The van der Waals surface area contributed by atoms with Gasteiger partial charge < -0.3 is 9.84 Å². The number of methoxy groups -OCH3 is 1. The van der Waals surface area contributed by atoms with E-state index in [0.29, 0.717) is 28.5 Å². The average Bonchev–Trinajstić information content (AvgIpc) is 3.13. The summed E-state index contributed by atoms with van der Waals surface area (Å²) in [5, 5.41) is 11.5. The largest absolute Gasteiger partial charge is 0.507 e. The molecule has 0 spiro atoms. The van der Waals surface area contributed by atoms with Gasteiger partial charge in [0.25, 0.3) is 11.7 Å². The zero-order valence-corrected chi connectivity index (χ0v) is 21.6. The molecule has 3 aromatic rings. The second kappa shape index (κ2) is 9.61. The second-order valence-electron chi connectivity index (χ2n) is 10.4. The number of nitrogens with zero attached hydrogens (tertiary/aromatic N) is 2. The minimum Gasteiger partial charge on any atom is -0.507 e. The predicted octanol–water partition coefficient (Wildman–Crippen LogP) is 6.14. The van der Waals surface area contributed by atoms with Crippen molar-refractivity contribution in [1.82, 2.24) is 4.98 Å². The number of ketones is 1. The van der Waals surface area contributed by atoms with Crippen molar-refractivity contribution in [2.45, 2.75) is 52.0 Å². The first-order chi connectivity index (χ1) is 17.0. The van der Waals surface area contributed by atoms with Gasteiger partial charge in [-0.05, 0) is 58.9 Å². The summed E-state index contributed by atoms with van der Waals surface area (Å²) in [5.41, 5.74) is 3.44. The van der Waals surface area contributed by atoms with E-state index in [1.165, 1.54) is 4.90 Å². The third kappa shape index (κ3) is 4.51. The van der Waals surface area contributed by atoms with Crippen molar-refractivity contribution < 1.29 is 19.4 Å². The van der Waals surface area contributed by atoms with E-state index in [1.807, 2.05) is 51.1 Å². The molecule has 36 heavy (non-hydrogen) atoms. The quantitative estimate of drug-likeness (QED) is 0.267. The highest BCUT2D eigenvalue weighted by Crippen LogP contribution is 2.43. The summed E-state index contributed by atoms with van der Waals surface area (Å²) in [4.78, 5) is 32.4. The molecule has 0 saturated carbocycles. The summed E-state index contributed by atoms with van der Waals surface area (Å²) in [6.45, 7) is 10.3. The molecule has 1 N–H and O–H groups in total. The molecule has 0 aliphatic carbocycles. The first-order valence-corrected chi connectivity index (χ1v) is 12.0. The molecule has 2 heterocycles. The molecule has 0 radical (unpaired) electrons. The van der Waals surface area contributed by atoms with Crippen molar-refractivity contribution in [2.24, 2.45) is 0 Å². The van der Waals surface area contributed by atoms with Crippen molar-refractivity contribution in [2.75, 3.05) is 12.0 Å². The Labute approximate surface area is 212 Å². The summed E-state index contributed by atoms with van der Waals surface area (Å²) in [7, 11) is 1.60. The van der Waals surface area contributed by atoms with E-state index < -0.39 is 17.7 Å². The van der Waals surface area contributed by atoms with Crippen molar-refractivity contribution >= 4 is 23.1 Å². The minimum atomic E-state index is -0.816. The van der Waals surface area contributed by atoms with Crippen molar-refractivity contribution in [1.29, 1.82) is 0 Å². The molecule has 1 unspecified atom stereocenters. The average molecular weight is 485 g/mol. The molecular weight excluding hydrogens is 452 g/mol. The van der Waals surface area contributed by atoms with E-state index in [1.54, 1.807) is 43.8 Å². The SMILES string of the molecule is COc1ccc(/C(O)=C2/C(=O)C(=O)N(c3ccc(C(C)C)cc3)C2c2cccnc2)cc1C(C)(C)C. The summed E-state index contributed by atoms with van der Waals surface area (Å²) >= 11 is 0. The first-order valence-electron chi connectivity index (χ1n) is 12.0. The Bertz CT molecular complexity index is 1320. The summed E-state index contributed by atoms with van der Waals surface area (Å²) in [6.07, 6.45) is 3.25. The lowest BCUT2D eigenvalue weighted by Crippen LogP contribution is -2.29. The van der Waals surface area contributed by atoms with Crippen LogP contribution in [-0.4, -0.2) is 28.9 Å². The van der Waals surface area contributed by atoms with Crippen LogP contribution < -0.4 is 9.64 Å². The van der Waals surface area contributed by atoms with Crippen LogP contribution in [0.3, 0.4) is 0 Å². The Morgan fingerprint density at radius 1 is 1.06 bits per heavy atom. The molecule has 1 aliphatic rings. The van der Waals surface area contributed by atoms with Crippen LogP contribution in [-0.2, 0) is 15.0 Å². The zero-order chi connectivity index (χ0) is 26.2. The van der Waals surface area contributed by atoms with E-state index in [-0.39, 0.29) is 16.7 Å². The smallest absolute Gasteiger partial charge is 0.300 e. The highest BCUT2D eigenvalue weighted by Gasteiger charge is 2.47. The number of anilines is 1. The molecule has 1 aliphatic heterocycles. The van der Waals surface area contributed by atoms with Gasteiger partial charge in [0.2, 0.25) is 0 Å². The van der Waals surface area contributed by atoms with Crippen LogP contribution in [0.25, 0.3) is 5.76 Å². The molecule has 6 nitrogen and oxygen atoms in total. The van der Waals surface area contributed by atoms with Crippen LogP contribution in [0.15, 0.2) is 72.6 Å². The van der Waals surface area contributed by atoms with Gasteiger partial charge in [-0.15, -0.1) is 0 Å². The van der Waals surface area contributed by atoms with Crippen LogP contribution in [0, 0.1) is 0 Å². The van der Waals surface area contributed by atoms with Gasteiger partial charge in [0, 0.05) is 29.2 Å². The summed E-state index contributed by atoms with van der Waals surface area (Å²) < 4.78 is 5.53. The van der Waals surface area contributed by atoms with Gasteiger partial charge in [0.15, 0.2) is 0 Å². The van der Waals surface area contributed by atoms with Crippen LogP contribution in [0.1, 0.15) is 68.8 Å². The van der Waals surface area contributed by atoms with Gasteiger partial charge in [-0.1, -0.05) is 52.8 Å². The number of hydrogen-bond donors (Lipinski definition) is 1. The molecule has 1 aromatic heterocycles. The van der Waals surface area contributed by atoms with Gasteiger partial charge in [-0.2, -0.15) is 0 Å². The van der Waals surface area contributed by atoms with Gasteiger partial charge >= 0.3 is 0 Å². The predicted molar refractivity (Wildman–Crippen MR) is 141 cm³/mol. The molecular formula is C30H32N2O4. The van der Waals surface area contributed by atoms with Gasteiger partial charge in [-0.3, -0.25) is 19.5 Å². The number of hydrogen-bond acceptors (Lipinski definition) is 5. The van der Waals surface area contributed by atoms with Gasteiger partial charge in [0.05, 0.1) is 18.7 Å². The normalized spacial score (nSPS) is 17.6. The number of carbonyl (C=O) groups excluding carboxylic acids is 2. The zero-order valence-electron chi connectivity index (χ0n) is 21.6. The monoisotopic (exact) mass is 484 g/mol. The number of ether oxygens (including phenoxy) is 1. The van der Waals surface area contributed by atoms with Crippen molar-refractivity contribution in [3.05, 3.63) is 94.8 Å². The molecule has 6 heteroatoms. The minimum absolute atomic E-state index is 0.0333.